The van der Waals surface area contributed by atoms with E-state index < -0.39 is 5.97 Å². The van der Waals surface area contributed by atoms with E-state index >= 15 is 0 Å². The van der Waals surface area contributed by atoms with Crippen molar-refractivity contribution in [2.24, 2.45) is 0 Å². The SMILES string of the molecule is O=C(O)c1ccc(-c2ccc(C3CCCNC3)nc2)cc1. The average Bonchev–Trinajstić information content (AvgIpc) is 2.56. The van der Waals surface area contributed by atoms with Crippen LogP contribution < -0.4 is 5.32 Å². The molecule has 1 atom stereocenters. The van der Waals surface area contributed by atoms with E-state index in [0.29, 0.717) is 11.5 Å². The van der Waals surface area contributed by atoms with Crippen LogP contribution >= 0.6 is 0 Å². The molecule has 108 valence electrons. The van der Waals surface area contributed by atoms with Crippen LogP contribution in [0.2, 0.25) is 0 Å². The zero-order valence-electron chi connectivity index (χ0n) is 11.7. The first-order valence-corrected chi connectivity index (χ1v) is 7.24. The summed E-state index contributed by atoms with van der Waals surface area (Å²) < 4.78 is 0. The van der Waals surface area contributed by atoms with Crippen molar-refractivity contribution >= 4 is 5.97 Å². The molecule has 1 aliphatic heterocycles. The Balaban J connectivity index is 1.78. The van der Waals surface area contributed by atoms with Gasteiger partial charge < -0.3 is 10.4 Å². The van der Waals surface area contributed by atoms with Crippen LogP contribution in [0, 0.1) is 0 Å². The number of carboxylic acid groups (broad SMARTS) is 1. The number of piperidine rings is 1. The van der Waals surface area contributed by atoms with Crippen molar-refractivity contribution in [2.75, 3.05) is 13.1 Å². The fourth-order valence-electron chi connectivity index (χ4n) is 2.73. The first kappa shape index (κ1) is 13.8. The maximum absolute atomic E-state index is 10.9. The number of hydrogen-bond acceptors (Lipinski definition) is 3. The molecule has 1 fully saturated rings. The quantitative estimate of drug-likeness (QED) is 0.908. The van der Waals surface area contributed by atoms with E-state index in [9.17, 15) is 4.79 Å². The van der Waals surface area contributed by atoms with Gasteiger partial charge in [-0.1, -0.05) is 18.2 Å². The summed E-state index contributed by atoms with van der Waals surface area (Å²) in [5.41, 5.74) is 3.44. The minimum atomic E-state index is -0.903. The van der Waals surface area contributed by atoms with Crippen molar-refractivity contribution in [3.8, 4) is 11.1 Å². The lowest BCUT2D eigenvalue weighted by atomic mass is 9.95. The first-order valence-electron chi connectivity index (χ1n) is 7.24. The molecule has 2 heterocycles. The highest BCUT2D eigenvalue weighted by Crippen LogP contribution is 2.24. The fourth-order valence-corrected chi connectivity index (χ4v) is 2.73. The monoisotopic (exact) mass is 282 g/mol. The standard InChI is InChI=1S/C17H18N2O2/c20-17(21)13-5-3-12(4-6-13)14-7-8-16(19-11-14)15-2-1-9-18-10-15/h3-8,11,15,18H,1-2,9-10H2,(H,20,21). The second-order valence-electron chi connectivity index (χ2n) is 5.40. The van der Waals surface area contributed by atoms with Gasteiger partial charge in [0.05, 0.1) is 5.56 Å². The van der Waals surface area contributed by atoms with Gasteiger partial charge in [0.2, 0.25) is 0 Å². The first-order chi connectivity index (χ1) is 10.2. The minimum Gasteiger partial charge on any atom is -0.478 e. The molecule has 4 nitrogen and oxygen atoms in total. The van der Waals surface area contributed by atoms with Gasteiger partial charge in [-0.2, -0.15) is 0 Å². The van der Waals surface area contributed by atoms with E-state index in [-0.39, 0.29) is 0 Å². The van der Waals surface area contributed by atoms with Gasteiger partial charge in [-0.05, 0) is 43.1 Å². The minimum absolute atomic E-state index is 0.302. The smallest absolute Gasteiger partial charge is 0.335 e. The van der Waals surface area contributed by atoms with Crippen LogP contribution in [-0.2, 0) is 0 Å². The second kappa shape index (κ2) is 6.06. The van der Waals surface area contributed by atoms with Gasteiger partial charge in [-0.15, -0.1) is 0 Å². The maximum Gasteiger partial charge on any atom is 0.335 e. The highest BCUT2D eigenvalue weighted by atomic mass is 16.4. The molecule has 0 radical (unpaired) electrons. The molecule has 0 aliphatic carbocycles. The van der Waals surface area contributed by atoms with Crippen LogP contribution in [0.4, 0.5) is 0 Å². The highest BCUT2D eigenvalue weighted by Gasteiger charge is 2.16. The molecule has 3 rings (SSSR count). The summed E-state index contributed by atoms with van der Waals surface area (Å²) in [7, 11) is 0. The predicted octanol–water partition coefficient (Wildman–Crippen LogP) is 2.91. The normalized spacial score (nSPS) is 18.4. The van der Waals surface area contributed by atoms with Crippen molar-refractivity contribution in [1.29, 1.82) is 0 Å². The highest BCUT2D eigenvalue weighted by molar-refractivity contribution is 5.88. The van der Waals surface area contributed by atoms with Gasteiger partial charge in [-0.25, -0.2) is 4.79 Å². The average molecular weight is 282 g/mol. The topological polar surface area (TPSA) is 62.2 Å². The molecular weight excluding hydrogens is 264 g/mol. The van der Waals surface area contributed by atoms with Crippen LogP contribution in [0.25, 0.3) is 11.1 Å². The summed E-state index contributed by atoms with van der Waals surface area (Å²) in [5, 5.41) is 12.3. The Morgan fingerprint density at radius 3 is 2.48 bits per heavy atom. The predicted molar refractivity (Wildman–Crippen MR) is 81.5 cm³/mol. The van der Waals surface area contributed by atoms with E-state index in [4.69, 9.17) is 5.11 Å². The van der Waals surface area contributed by atoms with E-state index in [0.717, 1.165) is 29.9 Å². The van der Waals surface area contributed by atoms with Crippen molar-refractivity contribution in [1.82, 2.24) is 10.3 Å². The molecule has 0 saturated carbocycles. The molecule has 21 heavy (non-hydrogen) atoms. The second-order valence-corrected chi connectivity index (χ2v) is 5.40. The van der Waals surface area contributed by atoms with Crippen LogP contribution in [0.1, 0.15) is 34.8 Å². The Labute approximate surface area is 123 Å². The third kappa shape index (κ3) is 3.11. The zero-order chi connectivity index (χ0) is 14.7. The number of benzene rings is 1. The van der Waals surface area contributed by atoms with Crippen LogP contribution in [-0.4, -0.2) is 29.1 Å². The Morgan fingerprint density at radius 2 is 1.90 bits per heavy atom. The number of aromatic carboxylic acids is 1. The third-order valence-corrected chi connectivity index (χ3v) is 3.97. The van der Waals surface area contributed by atoms with E-state index in [1.807, 2.05) is 18.3 Å². The van der Waals surface area contributed by atoms with Crippen LogP contribution in [0.3, 0.4) is 0 Å². The summed E-state index contributed by atoms with van der Waals surface area (Å²) >= 11 is 0. The molecule has 4 heteroatoms. The molecule has 0 bridgehead atoms. The number of nitrogens with one attached hydrogen (secondary N) is 1. The molecule has 1 aromatic carbocycles. The summed E-state index contributed by atoms with van der Waals surface area (Å²) in [6.07, 6.45) is 4.26. The van der Waals surface area contributed by atoms with Gasteiger partial charge in [0.25, 0.3) is 0 Å². The van der Waals surface area contributed by atoms with E-state index in [2.05, 4.69) is 22.4 Å². The third-order valence-electron chi connectivity index (χ3n) is 3.97. The lowest BCUT2D eigenvalue weighted by Crippen LogP contribution is -2.28. The molecule has 1 aromatic heterocycles. The molecule has 2 N–H and O–H groups in total. The molecule has 1 saturated heterocycles. The molecule has 1 aliphatic rings. The number of rotatable bonds is 3. The van der Waals surface area contributed by atoms with Crippen molar-refractivity contribution in [3.63, 3.8) is 0 Å². The number of pyridine rings is 1. The summed E-state index contributed by atoms with van der Waals surface area (Å²) in [6, 6.07) is 11.0. The number of hydrogen-bond donors (Lipinski definition) is 2. The van der Waals surface area contributed by atoms with Gasteiger partial charge in [0.15, 0.2) is 0 Å². The van der Waals surface area contributed by atoms with E-state index in [1.165, 1.54) is 12.8 Å². The Kier molecular flexibility index (Phi) is 3.97. The molecule has 1 unspecified atom stereocenters. The number of carbonyl (C=O) groups is 1. The number of carboxylic acids is 1. The van der Waals surface area contributed by atoms with Crippen molar-refractivity contribution in [2.45, 2.75) is 18.8 Å². The van der Waals surface area contributed by atoms with Gasteiger partial charge in [0, 0.05) is 29.9 Å². The Hall–Kier alpha value is -2.20. The summed E-state index contributed by atoms with van der Waals surface area (Å²) in [5.74, 6) is -0.401. The van der Waals surface area contributed by atoms with Crippen molar-refractivity contribution in [3.05, 3.63) is 53.9 Å². The van der Waals surface area contributed by atoms with Gasteiger partial charge in [-0.3, -0.25) is 4.98 Å². The number of nitrogens with zero attached hydrogens (tertiary/aromatic N) is 1. The Morgan fingerprint density at radius 1 is 1.14 bits per heavy atom. The fraction of sp³-hybridized carbons (Fsp3) is 0.294. The maximum atomic E-state index is 10.9. The summed E-state index contributed by atoms with van der Waals surface area (Å²) in [4.78, 5) is 15.4. The largest absolute Gasteiger partial charge is 0.478 e. The molecular formula is C17H18N2O2. The van der Waals surface area contributed by atoms with Gasteiger partial charge >= 0.3 is 5.97 Å². The lowest BCUT2D eigenvalue weighted by molar-refractivity contribution is 0.0697. The zero-order valence-corrected chi connectivity index (χ0v) is 11.7. The lowest BCUT2D eigenvalue weighted by Gasteiger charge is -2.22. The van der Waals surface area contributed by atoms with Gasteiger partial charge in [0.1, 0.15) is 0 Å². The Bertz CT molecular complexity index is 614. The number of aromatic nitrogens is 1. The van der Waals surface area contributed by atoms with Crippen LogP contribution in [0.5, 0.6) is 0 Å². The molecule has 0 spiro atoms. The van der Waals surface area contributed by atoms with E-state index in [1.54, 1.807) is 12.1 Å². The molecule has 2 aromatic rings. The molecule has 0 amide bonds. The van der Waals surface area contributed by atoms with Crippen molar-refractivity contribution < 1.29 is 9.90 Å². The summed E-state index contributed by atoms with van der Waals surface area (Å²) in [6.45, 7) is 2.10. The van der Waals surface area contributed by atoms with Crippen LogP contribution in [0.15, 0.2) is 42.6 Å².